The number of carbonyl (C=O) groups is 2. The number of ether oxygens (including phenoxy) is 9. The second-order valence-corrected chi connectivity index (χ2v) is 17.5. The molecule has 1 aromatic heterocycles. The average Bonchev–Trinajstić information content (AvgIpc) is 3.63. The standard InChI is InChI=1S/C48H74F4N4O13S/c1-4-11-56(12-5-2)48(60)35-29-42-39(54-43(53)30-35)31-36(70-42)9-7-6-8-13-55(3)33-40(57)41(58)34-68-28-27-67-26-25-66-24-23-65-22-21-64-20-19-63-18-17-62-16-15-61-14-10-44(59)69-47-45(51)37(49)32-38(50)46(47)52/h29,31-32,40-41,57-58H,4-28,30,33-34H2,1-3H3,(H2,53,54). The minimum Gasteiger partial charge on any atom is -0.420 e. The number of unbranched alkanes of at least 4 members (excludes halogenated alkanes) is 2. The van der Waals surface area contributed by atoms with Gasteiger partial charge >= 0.3 is 5.97 Å². The number of nitrogens with two attached hydrogens (primary N) is 1. The number of thiophene rings is 1. The van der Waals surface area contributed by atoms with E-state index in [0.29, 0.717) is 90.4 Å². The molecule has 398 valence electrons. The van der Waals surface area contributed by atoms with Crippen LogP contribution in [0.4, 0.5) is 23.2 Å². The number of aliphatic hydroxyl groups is 2. The first-order valence-corrected chi connectivity index (χ1v) is 24.8. The van der Waals surface area contributed by atoms with Gasteiger partial charge in [-0.05, 0) is 57.8 Å². The van der Waals surface area contributed by atoms with Crippen LogP contribution in [0.3, 0.4) is 0 Å². The van der Waals surface area contributed by atoms with Crippen molar-refractivity contribution in [3.05, 3.63) is 50.7 Å². The zero-order valence-corrected chi connectivity index (χ0v) is 41.7. The third-order valence-corrected chi connectivity index (χ3v) is 11.4. The zero-order chi connectivity index (χ0) is 50.9. The van der Waals surface area contributed by atoms with Crippen LogP contribution < -0.4 is 10.5 Å². The molecule has 22 heteroatoms. The highest BCUT2D eigenvalue weighted by molar-refractivity contribution is 7.13. The van der Waals surface area contributed by atoms with Crippen molar-refractivity contribution in [2.75, 3.05) is 139 Å². The lowest BCUT2D eigenvalue weighted by Crippen LogP contribution is -2.40. The number of fused-ring (bicyclic) bond motifs is 1. The maximum absolute atomic E-state index is 13.6. The highest BCUT2D eigenvalue weighted by Gasteiger charge is 2.24. The van der Waals surface area contributed by atoms with Crippen LogP contribution in [0, 0.1) is 23.3 Å². The van der Waals surface area contributed by atoms with Crippen LogP contribution in [-0.2, 0) is 53.9 Å². The molecular formula is C48H74F4N4O13S. The van der Waals surface area contributed by atoms with E-state index in [2.05, 4.69) is 29.6 Å². The summed E-state index contributed by atoms with van der Waals surface area (Å²) in [7, 11) is 1.92. The molecule has 0 aliphatic carbocycles. The van der Waals surface area contributed by atoms with Crippen molar-refractivity contribution < 1.29 is 80.0 Å². The molecule has 0 saturated heterocycles. The number of likely N-dealkylation sites (N-methyl/N-ethyl adjacent to an activating group) is 1. The van der Waals surface area contributed by atoms with Gasteiger partial charge in [0.2, 0.25) is 23.3 Å². The Kier molecular flexibility index (Phi) is 31.4. The molecule has 1 aliphatic heterocycles. The zero-order valence-electron chi connectivity index (χ0n) is 40.9. The van der Waals surface area contributed by atoms with Gasteiger partial charge in [0.1, 0.15) is 11.9 Å². The molecule has 2 heterocycles. The molecule has 0 radical (unpaired) electrons. The summed E-state index contributed by atoms with van der Waals surface area (Å²) in [5, 5.41) is 20.9. The maximum atomic E-state index is 13.6. The van der Waals surface area contributed by atoms with Crippen LogP contribution in [-0.4, -0.2) is 189 Å². The molecule has 1 aromatic carbocycles. The number of carbonyl (C=O) groups excluding carboxylic acids is 2. The molecule has 70 heavy (non-hydrogen) atoms. The monoisotopic (exact) mass is 1020 g/mol. The predicted octanol–water partition coefficient (Wildman–Crippen LogP) is 5.22. The first-order chi connectivity index (χ1) is 33.8. The predicted molar refractivity (Wildman–Crippen MR) is 256 cm³/mol. The fourth-order valence-electron chi connectivity index (χ4n) is 6.76. The number of rotatable bonds is 41. The highest BCUT2D eigenvalue weighted by atomic mass is 32.1. The molecule has 0 bridgehead atoms. The van der Waals surface area contributed by atoms with Gasteiger partial charge in [-0.2, -0.15) is 8.78 Å². The molecule has 3 rings (SSSR count). The molecule has 0 saturated carbocycles. The number of benzene rings is 1. The molecule has 2 unspecified atom stereocenters. The molecular weight excluding hydrogens is 949 g/mol. The van der Waals surface area contributed by atoms with Gasteiger partial charge in [-0.1, -0.05) is 20.3 Å². The molecule has 0 fully saturated rings. The smallest absolute Gasteiger partial charge is 0.313 e. The van der Waals surface area contributed by atoms with Crippen LogP contribution in [0.15, 0.2) is 22.7 Å². The number of nitrogens with zero attached hydrogens (tertiary/aromatic N) is 3. The number of aliphatic hydroxyl groups excluding tert-OH is 2. The Balaban J connectivity index is 1.05. The lowest BCUT2D eigenvalue weighted by Gasteiger charge is -2.24. The van der Waals surface area contributed by atoms with Crippen LogP contribution in [0.2, 0.25) is 0 Å². The Morgan fingerprint density at radius 1 is 0.700 bits per heavy atom. The van der Waals surface area contributed by atoms with Gasteiger partial charge in [-0.3, -0.25) is 9.59 Å². The highest BCUT2D eigenvalue weighted by Crippen LogP contribution is 2.35. The number of esters is 1. The Morgan fingerprint density at radius 2 is 1.20 bits per heavy atom. The van der Waals surface area contributed by atoms with E-state index in [0.717, 1.165) is 68.7 Å². The third kappa shape index (κ3) is 24.7. The first kappa shape index (κ1) is 60.7. The van der Waals surface area contributed by atoms with E-state index in [1.165, 1.54) is 4.88 Å². The van der Waals surface area contributed by atoms with Crippen molar-refractivity contribution >= 4 is 40.8 Å². The minimum absolute atomic E-state index is 0.00314. The van der Waals surface area contributed by atoms with E-state index in [-0.39, 0.29) is 51.6 Å². The van der Waals surface area contributed by atoms with Crippen LogP contribution in [0.5, 0.6) is 5.75 Å². The van der Waals surface area contributed by atoms with E-state index in [9.17, 15) is 37.4 Å². The fourth-order valence-corrected chi connectivity index (χ4v) is 7.87. The van der Waals surface area contributed by atoms with Crippen molar-refractivity contribution in [2.24, 2.45) is 10.7 Å². The summed E-state index contributed by atoms with van der Waals surface area (Å²) in [6.07, 6.45) is 5.62. The number of amides is 1. The van der Waals surface area contributed by atoms with Gasteiger partial charge in [0.15, 0.2) is 11.6 Å². The second-order valence-electron chi connectivity index (χ2n) is 16.3. The summed E-state index contributed by atoms with van der Waals surface area (Å²) in [6, 6.07) is 2.10. The summed E-state index contributed by atoms with van der Waals surface area (Å²) in [6.45, 7) is 11.1. The summed E-state index contributed by atoms with van der Waals surface area (Å²) < 4.78 is 101. The average molecular weight is 1020 g/mol. The third-order valence-electron chi connectivity index (χ3n) is 10.3. The second kappa shape index (κ2) is 36.3. The maximum Gasteiger partial charge on any atom is 0.313 e. The van der Waals surface area contributed by atoms with Crippen molar-refractivity contribution in [1.29, 1.82) is 0 Å². The number of halogens is 4. The van der Waals surface area contributed by atoms with Gasteiger partial charge in [0, 0.05) is 42.6 Å². The van der Waals surface area contributed by atoms with E-state index in [1.807, 2.05) is 22.9 Å². The van der Waals surface area contributed by atoms with Gasteiger partial charge in [0.05, 0.1) is 129 Å². The van der Waals surface area contributed by atoms with Gasteiger partial charge in [0.25, 0.3) is 0 Å². The summed E-state index contributed by atoms with van der Waals surface area (Å²) in [5.41, 5.74) is 7.75. The SMILES string of the molecule is CCCN(CCC)C(=O)C1=Cc2sc(CCCCCN(C)CC(O)C(O)COCCOCCOCCOCCOCCOCCOCCOCCC(=O)Oc3c(F)c(F)cc(F)c3F)cc2N=C(N)C1. The summed E-state index contributed by atoms with van der Waals surface area (Å²) in [4.78, 5) is 35.7. The molecule has 1 amide bonds. The Morgan fingerprint density at radius 3 is 1.71 bits per heavy atom. The fraction of sp³-hybridized carbons (Fsp3) is 0.688. The van der Waals surface area contributed by atoms with Crippen molar-refractivity contribution in [3.63, 3.8) is 0 Å². The molecule has 2 aromatic rings. The van der Waals surface area contributed by atoms with Crippen LogP contribution in [0.1, 0.15) is 68.5 Å². The van der Waals surface area contributed by atoms with E-state index in [4.69, 9.17) is 43.6 Å². The Labute approximate surface area is 413 Å². The molecule has 17 nitrogen and oxygen atoms in total. The van der Waals surface area contributed by atoms with Gasteiger partial charge < -0.3 is 68.4 Å². The number of aliphatic imine (C=N–C) groups is 1. The summed E-state index contributed by atoms with van der Waals surface area (Å²) in [5.74, 6) is -9.03. The number of aryl methyl sites for hydroxylation is 1. The molecule has 2 atom stereocenters. The van der Waals surface area contributed by atoms with Crippen LogP contribution >= 0.6 is 11.3 Å². The van der Waals surface area contributed by atoms with E-state index >= 15 is 0 Å². The molecule has 0 spiro atoms. The van der Waals surface area contributed by atoms with E-state index < -0.39 is 53.6 Å². The lowest BCUT2D eigenvalue weighted by molar-refractivity contribution is -0.136. The quantitative estimate of drug-likeness (QED) is 0.0257. The lowest BCUT2D eigenvalue weighted by atomic mass is 10.1. The van der Waals surface area contributed by atoms with Crippen molar-refractivity contribution in [3.8, 4) is 5.75 Å². The number of hydrogen-bond donors (Lipinski definition) is 3. The Hall–Kier alpha value is -3.65. The van der Waals surface area contributed by atoms with Crippen molar-refractivity contribution in [2.45, 2.75) is 77.4 Å². The number of amidine groups is 1. The minimum atomic E-state index is -1.80. The Bertz CT molecular complexity index is 1830. The normalized spacial score (nSPS) is 13.5. The van der Waals surface area contributed by atoms with E-state index in [1.54, 1.807) is 11.3 Å². The van der Waals surface area contributed by atoms with Crippen molar-refractivity contribution in [1.82, 2.24) is 9.80 Å². The largest absolute Gasteiger partial charge is 0.420 e. The van der Waals surface area contributed by atoms with Crippen LogP contribution in [0.25, 0.3) is 6.08 Å². The molecule has 1 aliphatic rings. The van der Waals surface area contributed by atoms with Gasteiger partial charge in [-0.15, -0.1) is 11.3 Å². The number of hydrogen-bond acceptors (Lipinski definition) is 17. The molecule has 4 N–H and O–H groups in total. The first-order valence-electron chi connectivity index (χ1n) is 24.0. The topological polar surface area (TPSA) is 203 Å². The van der Waals surface area contributed by atoms with Gasteiger partial charge in [-0.25, -0.2) is 13.8 Å². The summed E-state index contributed by atoms with van der Waals surface area (Å²) >= 11 is 1.67.